The van der Waals surface area contributed by atoms with Gasteiger partial charge in [-0.2, -0.15) is 0 Å². The van der Waals surface area contributed by atoms with Gasteiger partial charge in [-0.25, -0.2) is 9.97 Å². The van der Waals surface area contributed by atoms with Crippen LogP contribution < -0.4 is 4.90 Å². The SMILES string of the molecule is Cc1ccc(Cl)c2sc(N(CCCn3ccnc3)C(=O)c3ccc(SC(C)C)cc3)nc12. The Kier molecular flexibility index (Phi) is 7.18. The molecule has 0 aliphatic rings. The molecule has 0 aliphatic heterocycles. The summed E-state index contributed by atoms with van der Waals surface area (Å²) in [6, 6.07) is 11.7. The van der Waals surface area contributed by atoms with E-state index in [-0.39, 0.29) is 5.91 Å². The van der Waals surface area contributed by atoms with Crippen molar-refractivity contribution in [2.45, 2.75) is 43.9 Å². The number of amides is 1. The fourth-order valence-electron chi connectivity index (χ4n) is 3.42. The third-order valence-electron chi connectivity index (χ3n) is 4.99. The molecule has 32 heavy (non-hydrogen) atoms. The first kappa shape index (κ1) is 22.8. The summed E-state index contributed by atoms with van der Waals surface area (Å²) < 4.78 is 2.93. The van der Waals surface area contributed by atoms with E-state index in [9.17, 15) is 4.79 Å². The molecule has 0 spiro atoms. The van der Waals surface area contributed by atoms with Gasteiger partial charge in [-0.15, -0.1) is 11.8 Å². The average Bonchev–Trinajstić information content (AvgIpc) is 3.44. The van der Waals surface area contributed by atoms with Gasteiger partial charge in [-0.05, 0) is 49.2 Å². The number of imidazole rings is 1. The van der Waals surface area contributed by atoms with E-state index in [2.05, 4.69) is 18.8 Å². The molecule has 5 nitrogen and oxygen atoms in total. The number of benzene rings is 2. The Balaban J connectivity index is 1.63. The zero-order chi connectivity index (χ0) is 22.7. The third kappa shape index (κ3) is 5.17. The van der Waals surface area contributed by atoms with Gasteiger partial charge in [-0.3, -0.25) is 9.69 Å². The summed E-state index contributed by atoms with van der Waals surface area (Å²) in [5, 5.41) is 1.83. The highest BCUT2D eigenvalue weighted by atomic mass is 35.5. The summed E-state index contributed by atoms with van der Waals surface area (Å²) in [4.78, 5) is 25.4. The van der Waals surface area contributed by atoms with E-state index in [0.29, 0.717) is 27.5 Å². The zero-order valence-corrected chi connectivity index (χ0v) is 20.7. The van der Waals surface area contributed by atoms with Crippen LogP contribution in [0.25, 0.3) is 10.2 Å². The van der Waals surface area contributed by atoms with Crippen LogP contribution in [-0.4, -0.2) is 32.2 Å². The number of aromatic nitrogens is 3. The maximum atomic E-state index is 13.6. The van der Waals surface area contributed by atoms with Crippen LogP contribution in [0.1, 0.15) is 36.2 Å². The largest absolute Gasteiger partial charge is 0.337 e. The highest BCUT2D eigenvalue weighted by molar-refractivity contribution is 7.99. The predicted molar refractivity (Wildman–Crippen MR) is 135 cm³/mol. The molecule has 0 aliphatic carbocycles. The van der Waals surface area contributed by atoms with Gasteiger partial charge in [0.05, 0.1) is 21.6 Å². The number of fused-ring (bicyclic) bond motifs is 1. The van der Waals surface area contributed by atoms with E-state index in [1.807, 2.05) is 54.1 Å². The topological polar surface area (TPSA) is 51.0 Å². The van der Waals surface area contributed by atoms with Crippen molar-refractivity contribution < 1.29 is 4.79 Å². The van der Waals surface area contributed by atoms with Gasteiger partial charge in [0.15, 0.2) is 5.13 Å². The normalized spacial score (nSPS) is 11.4. The Hall–Kier alpha value is -2.35. The van der Waals surface area contributed by atoms with Crippen LogP contribution in [0, 0.1) is 6.92 Å². The lowest BCUT2D eigenvalue weighted by Crippen LogP contribution is -2.32. The Morgan fingerprint density at radius 3 is 2.66 bits per heavy atom. The molecule has 8 heteroatoms. The van der Waals surface area contributed by atoms with Crippen molar-refractivity contribution in [3.63, 3.8) is 0 Å². The van der Waals surface area contributed by atoms with Crippen LogP contribution >= 0.6 is 34.7 Å². The van der Waals surface area contributed by atoms with Crippen LogP contribution in [0.2, 0.25) is 5.02 Å². The van der Waals surface area contributed by atoms with Gasteiger partial charge in [0, 0.05) is 41.2 Å². The van der Waals surface area contributed by atoms with E-state index in [4.69, 9.17) is 16.6 Å². The van der Waals surface area contributed by atoms with E-state index in [0.717, 1.165) is 33.6 Å². The molecule has 4 rings (SSSR count). The van der Waals surface area contributed by atoms with Gasteiger partial charge in [0.25, 0.3) is 5.91 Å². The summed E-state index contributed by atoms with van der Waals surface area (Å²) in [5.74, 6) is -0.0513. The van der Waals surface area contributed by atoms with Crippen LogP contribution in [0.15, 0.2) is 60.0 Å². The number of rotatable bonds is 8. The van der Waals surface area contributed by atoms with Gasteiger partial charge >= 0.3 is 0 Å². The standard InChI is InChI=1S/C24H25ClN4OS2/c1-16(2)31-19-8-6-18(7-9-19)23(30)29(13-4-12-28-14-11-26-15-28)24-27-21-17(3)5-10-20(25)22(21)32-24/h5-11,14-16H,4,12-13H2,1-3H3. The van der Waals surface area contributed by atoms with Crippen molar-refractivity contribution in [3.8, 4) is 0 Å². The lowest BCUT2D eigenvalue weighted by atomic mass is 10.2. The average molecular weight is 485 g/mol. The summed E-state index contributed by atoms with van der Waals surface area (Å²) in [6.45, 7) is 7.66. The molecule has 1 amide bonds. The molecule has 2 aromatic carbocycles. The fraction of sp³-hybridized carbons (Fsp3) is 0.292. The van der Waals surface area contributed by atoms with Crippen molar-refractivity contribution in [1.82, 2.24) is 14.5 Å². The summed E-state index contributed by atoms with van der Waals surface area (Å²) in [5.41, 5.74) is 2.56. The molecule has 0 fully saturated rings. The number of hydrogen-bond donors (Lipinski definition) is 0. The Bertz CT molecular complexity index is 1160. The molecular formula is C24H25ClN4OS2. The molecule has 0 bridgehead atoms. The number of carbonyl (C=O) groups excluding carboxylic acids is 1. The minimum Gasteiger partial charge on any atom is -0.337 e. The second-order valence-electron chi connectivity index (χ2n) is 7.84. The van der Waals surface area contributed by atoms with Crippen molar-refractivity contribution in [1.29, 1.82) is 0 Å². The maximum Gasteiger partial charge on any atom is 0.260 e. The van der Waals surface area contributed by atoms with Crippen molar-refractivity contribution in [3.05, 3.63) is 71.3 Å². The molecule has 0 unspecified atom stereocenters. The van der Waals surface area contributed by atoms with E-state index < -0.39 is 0 Å². The summed E-state index contributed by atoms with van der Waals surface area (Å²) in [6.07, 6.45) is 6.26. The fourth-order valence-corrected chi connectivity index (χ4v) is 5.60. The van der Waals surface area contributed by atoms with Crippen molar-refractivity contribution in [2.24, 2.45) is 0 Å². The molecule has 0 saturated carbocycles. The van der Waals surface area contributed by atoms with Crippen LogP contribution in [0.5, 0.6) is 0 Å². The van der Waals surface area contributed by atoms with E-state index in [1.54, 1.807) is 29.2 Å². The highest BCUT2D eigenvalue weighted by Gasteiger charge is 2.22. The minimum atomic E-state index is -0.0513. The number of aryl methyl sites for hydroxylation is 2. The number of nitrogens with zero attached hydrogens (tertiary/aromatic N) is 4. The number of anilines is 1. The smallest absolute Gasteiger partial charge is 0.260 e. The number of thiazole rings is 1. The molecule has 0 atom stereocenters. The maximum absolute atomic E-state index is 13.6. The minimum absolute atomic E-state index is 0.0513. The number of halogens is 1. The second-order valence-corrected chi connectivity index (χ2v) is 10.9. The molecule has 0 saturated heterocycles. The highest BCUT2D eigenvalue weighted by Crippen LogP contribution is 2.36. The molecule has 4 aromatic rings. The molecular weight excluding hydrogens is 460 g/mol. The lowest BCUT2D eigenvalue weighted by Gasteiger charge is -2.20. The van der Waals surface area contributed by atoms with Gasteiger partial charge in [-0.1, -0.05) is 42.9 Å². The summed E-state index contributed by atoms with van der Waals surface area (Å²) in [7, 11) is 0. The second kappa shape index (κ2) is 10.1. The third-order valence-corrected chi connectivity index (χ3v) is 7.55. The number of thioether (sulfide) groups is 1. The summed E-state index contributed by atoms with van der Waals surface area (Å²) >= 11 is 9.68. The van der Waals surface area contributed by atoms with E-state index in [1.165, 1.54) is 11.3 Å². The van der Waals surface area contributed by atoms with E-state index >= 15 is 0 Å². The Morgan fingerprint density at radius 2 is 2.00 bits per heavy atom. The number of carbonyl (C=O) groups is 1. The first-order valence-electron chi connectivity index (χ1n) is 10.5. The van der Waals surface area contributed by atoms with Crippen LogP contribution in [-0.2, 0) is 6.54 Å². The first-order valence-corrected chi connectivity index (χ1v) is 12.6. The quantitative estimate of drug-likeness (QED) is 0.261. The number of hydrogen-bond acceptors (Lipinski definition) is 5. The lowest BCUT2D eigenvalue weighted by molar-refractivity contribution is 0.0986. The molecule has 2 aromatic heterocycles. The molecule has 2 heterocycles. The van der Waals surface area contributed by atoms with Crippen LogP contribution in [0.3, 0.4) is 0 Å². The van der Waals surface area contributed by atoms with Gasteiger partial charge in [0.2, 0.25) is 0 Å². The first-order chi connectivity index (χ1) is 15.4. The predicted octanol–water partition coefficient (Wildman–Crippen LogP) is 6.69. The van der Waals surface area contributed by atoms with Crippen LogP contribution in [0.4, 0.5) is 5.13 Å². The Labute approximate surface area is 201 Å². The monoisotopic (exact) mass is 484 g/mol. The van der Waals surface area contributed by atoms with Gasteiger partial charge in [0.1, 0.15) is 0 Å². The zero-order valence-electron chi connectivity index (χ0n) is 18.3. The molecule has 0 N–H and O–H groups in total. The molecule has 0 radical (unpaired) electrons. The Morgan fingerprint density at radius 1 is 1.22 bits per heavy atom. The van der Waals surface area contributed by atoms with Gasteiger partial charge < -0.3 is 4.57 Å². The molecule has 166 valence electrons. The van der Waals surface area contributed by atoms with Crippen molar-refractivity contribution in [2.75, 3.05) is 11.4 Å². The van der Waals surface area contributed by atoms with Crippen molar-refractivity contribution >= 4 is 56.0 Å².